The third-order valence-corrected chi connectivity index (χ3v) is 8.09. The van der Waals surface area contributed by atoms with Gasteiger partial charge in [-0.15, -0.1) is 0 Å². The van der Waals surface area contributed by atoms with Crippen LogP contribution in [0.15, 0.2) is 24.3 Å². The number of phenols is 2. The van der Waals surface area contributed by atoms with Gasteiger partial charge in [0, 0.05) is 47.0 Å². The number of hydrogen-bond acceptors (Lipinski definition) is 11. The van der Waals surface area contributed by atoms with Gasteiger partial charge in [0.15, 0.2) is 0 Å². The lowest BCUT2D eigenvalue weighted by molar-refractivity contribution is -0.605. The van der Waals surface area contributed by atoms with Crippen molar-refractivity contribution in [2.75, 3.05) is 65.7 Å². The molecule has 0 spiro atoms. The summed E-state index contributed by atoms with van der Waals surface area (Å²) in [6.07, 6.45) is 1.72. The fourth-order valence-electron chi connectivity index (χ4n) is 5.60. The van der Waals surface area contributed by atoms with E-state index in [4.69, 9.17) is 0 Å². The van der Waals surface area contributed by atoms with Gasteiger partial charge < -0.3 is 41.3 Å². The van der Waals surface area contributed by atoms with Crippen LogP contribution in [0, 0.1) is 18.8 Å². The van der Waals surface area contributed by atoms with Gasteiger partial charge in [-0.1, -0.05) is 17.7 Å². The fraction of sp³-hybridized carbons (Fsp3) is 0.594. The summed E-state index contributed by atoms with van der Waals surface area (Å²) in [5.41, 5.74) is 3.58. The minimum absolute atomic E-state index is 0.0456. The average Bonchev–Trinajstić information content (AvgIpc) is 3.06. The summed E-state index contributed by atoms with van der Waals surface area (Å²) < 4.78 is 0.591. The normalized spacial score (nSPS) is 15.7. The molecule has 0 radical (unpaired) electrons. The smallest absolute Gasteiger partial charge is 0.255 e. The third kappa shape index (κ3) is 10.7. The van der Waals surface area contributed by atoms with Gasteiger partial charge in [-0.25, -0.2) is 0 Å². The van der Waals surface area contributed by atoms with Gasteiger partial charge in [-0.3, -0.25) is 14.6 Å². The summed E-state index contributed by atoms with van der Waals surface area (Å²) in [5.74, 6) is -0.639. The molecule has 2 aromatic carbocycles. The van der Waals surface area contributed by atoms with Gasteiger partial charge in [-0.2, -0.15) is 0 Å². The van der Waals surface area contributed by atoms with E-state index in [0.29, 0.717) is 34.5 Å². The van der Waals surface area contributed by atoms with Crippen LogP contribution in [0.2, 0.25) is 0 Å². The highest BCUT2D eigenvalue weighted by Gasteiger charge is 2.26. The molecule has 45 heavy (non-hydrogen) atoms. The summed E-state index contributed by atoms with van der Waals surface area (Å²) in [6.45, 7) is 7.31. The number of carbonyl (C=O) groups excluding carboxylic acids is 1. The summed E-state index contributed by atoms with van der Waals surface area (Å²) in [6, 6.07) is 5.33. The maximum absolute atomic E-state index is 12.8. The van der Waals surface area contributed by atoms with Crippen LogP contribution in [0.1, 0.15) is 51.0 Å². The number of aromatic hydroxyl groups is 2. The highest BCUT2D eigenvalue weighted by molar-refractivity contribution is 5.97. The van der Waals surface area contributed by atoms with E-state index in [1.165, 1.54) is 0 Å². The first-order valence-electron chi connectivity index (χ1n) is 15.6. The van der Waals surface area contributed by atoms with Gasteiger partial charge in [0.05, 0.1) is 30.4 Å². The Morgan fingerprint density at radius 1 is 0.800 bits per heavy atom. The zero-order chi connectivity index (χ0) is 32.9. The fourth-order valence-corrected chi connectivity index (χ4v) is 5.60. The van der Waals surface area contributed by atoms with Gasteiger partial charge in [-0.05, 0) is 70.6 Å². The standard InChI is InChI=1S/C32H49N5O8/c1-22-11-24(30(42)26(12-22)17-37(45)28(20-40)21-41)15-35-7-3-5-33-6-10-36(9-4-8-35)16-25-13-23(2)14-29(31(25)43)32(44)34-27(18-38)19-39/h11-14,27-28,33,38-41H,3-10,15-21H2,1-2H3,(H2-,34,42,43,44)/p+1. The minimum atomic E-state index is -0.954. The van der Waals surface area contributed by atoms with E-state index in [1.54, 1.807) is 12.1 Å². The molecule has 13 heteroatoms. The predicted octanol–water partition coefficient (Wildman–Crippen LogP) is 0.117. The van der Waals surface area contributed by atoms with Crippen LogP contribution < -0.4 is 10.6 Å². The van der Waals surface area contributed by atoms with Crippen LogP contribution >= 0.6 is 0 Å². The zero-order valence-corrected chi connectivity index (χ0v) is 26.4. The topological polar surface area (TPSA) is 189 Å². The van der Waals surface area contributed by atoms with Crippen LogP contribution in [-0.4, -0.2) is 129 Å². The second-order valence-corrected chi connectivity index (χ2v) is 11.9. The van der Waals surface area contributed by atoms with Crippen molar-refractivity contribution in [3.8, 4) is 11.5 Å². The molecule has 3 rings (SSSR count). The Kier molecular flexibility index (Phi) is 14.6. The highest BCUT2D eigenvalue weighted by atomic mass is 16.3. The number of hydrogen-bond donors (Lipinski definition) is 8. The Morgan fingerprint density at radius 2 is 1.36 bits per heavy atom. The van der Waals surface area contributed by atoms with Crippen molar-refractivity contribution in [3.05, 3.63) is 62.6 Å². The predicted molar refractivity (Wildman–Crippen MR) is 169 cm³/mol. The molecule has 250 valence electrons. The molecule has 0 aliphatic carbocycles. The second-order valence-electron chi connectivity index (χ2n) is 11.9. The molecule has 2 aromatic rings. The summed E-state index contributed by atoms with van der Waals surface area (Å²) >= 11 is 0. The number of rotatable bonds is 13. The van der Waals surface area contributed by atoms with Crippen molar-refractivity contribution in [1.29, 1.82) is 0 Å². The first-order chi connectivity index (χ1) is 21.6. The molecule has 0 saturated carbocycles. The lowest BCUT2D eigenvalue weighted by Crippen LogP contribution is -2.40. The molecule has 1 heterocycles. The Morgan fingerprint density at radius 3 is 1.98 bits per heavy atom. The number of nitrogens with zero attached hydrogens (tertiary/aromatic N) is 3. The molecule has 1 fully saturated rings. The molecule has 0 atom stereocenters. The number of carbonyl (C=O) groups is 1. The molecule has 1 aliphatic rings. The first kappa shape index (κ1) is 36.3. The molecular formula is C32H50N5O8+. The van der Waals surface area contributed by atoms with E-state index in [1.807, 2.05) is 26.0 Å². The molecule has 0 unspecified atom stereocenters. The molecule has 13 nitrogen and oxygen atoms in total. The molecule has 1 aliphatic heterocycles. The number of aliphatic hydroxyl groups excluding tert-OH is 4. The zero-order valence-electron chi connectivity index (χ0n) is 26.4. The van der Waals surface area contributed by atoms with E-state index >= 15 is 0 Å². The monoisotopic (exact) mass is 632 g/mol. The molecule has 1 saturated heterocycles. The van der Waals surface area contributed by atoms with E-state index < -0.39 is 44.4 Å². The number of nitrogens with one attached hydrogen (secondary N) is 2. The van der Waals surface area contributed by atoms with E-state index in [0.717, 1.165) is 63.2 Å². The lowest BCUT2D eigenvalue weighted by atomic mass is 10.0. The Hall–Kier alpha value is -3.17. The maximum atomic E-state index is 12.8. The summed E-state index contributed by atoms with van der Waals surface area (Å²) in [4.78, 5) is 29.7. The number of aryl methyl sites for hydroxylation is 2. The van der Waals surface area contributed by atoms with Crippen LogP contribution in [0.3, 0.4) is 0 Å². The minimum Gasteiger partial charge on any atom is -0.507 e. The summed E-state index contributed by atoms with van der Waals surface area (Å²) in [7, 11) is 0. The van der Waals surface area contributed by atoms with Crippen LogP contribution in [0.5, 0.6) is 11.5 Å². The van der Waals surface area contributed by atoms with Crippen molar-refractivity contribution in [2.24, 2.45) is 0 Å². The van der Waals surface area contributed by atoms with Crippen LogP contribution in [0.4, 0.5) is 0 Å². The van der Waals surface area contributed by atoms with Crippen LogP contribution in [0.25, 0.3) is 0 Å². The number of nitroso groups, excluding NO2 is 1. The van der Waals surface area contributed by atoms with Crippen molar-refractivity contribution >= 4 is 5.91 Å². The largest absolute Gasteiger partial charge is 0.507 e. The Labute approximate surface area is 264 Å². The van der Waals surface area contributed by atoms with Crippen molar-refractivity contribution in [2.45, 2.75) is 58.4 Å². The van der Waals surface area contributed by atoms with Crippen molar-refractivity contribution in [1.82, 2.24) is 20.4 Å². The Balaban J connectivity index is 1.71. The average molecular weight is 633 g/mol. The van der Waals surface area contributed by atoms with Crippen molar-refractivity contribution < 1.29 is 40.2 Å². The first-order valence-corrected chi connectivity index (χ1v) is 15.6. The van der Waals surface area contributed by atoms with E-state index in [2.05, 4.69) is 20.4 Å². The molecule has 1 amide bonds. The third-order valence-electron chi connectivity index (χ3n) is 8.09. The lowest BCUT2D eigenvalue weighted by Gasteiger charge is -2.26. The molecule has 0 bridgehead atoms. The Bertz CT molecular complexity index is 1270. The summed E-state index contributed by atoms with van der Waals surface area (Å²) in [5, 5.41) is 65.5. The van der Waals surface area contributed by atoms with Gasteiger partial charge in [0.1, 0.15) is 24.7 Å². The van der Waals surface area contributed by atoms with Crippen molar-refractivity contribution in [3.63, 3.8) is 0 Å². The maximum Gasteiger partial charge on any atom is 0.255 e. The second kappa shape index (κ2) is 18.1. The number of amides is 1. The number of phenolic OH excluding ortho intramolecular Hbond substituents is 2. The molecule has 0 aromatic heterocycles. The number of benzene rings is 2. The quantitative estimate of drug-likeness (QED) is 0.140. The van der Waals surface area contributed by atoms with Gasteiger partial charge in [0.2, 0.25) is 12.6 Å². The van der Waals surface area contributed by atoms with Gasteiger partial charge in [0.25, 0.3) is 5.91 Å². The molecule has 8 N–H and O–H groups in total. The van der Waals surface area contributed by atoms with E-state index in [9.17, 15) is 40.3 Å². The SMILES string of the molecule is Cc1cc(CN2CCCNCCN(Cc3cc(C)cc(C(=O)NC(CO)CO)c3O)CCC2)c(O)c(C[N+](=O)C(CO)CO)c1. The van der Waals surface area contributed by atoms with E-state index in [-0.39, 0.29) is 23.6 Å². The molecular weight excluding hydrogens is 582 g/mol. The van der Waals surface area contributed by atoms with Crippen LogP contribution in [-0.2, 0) is 19.6 Å². The number of aliphatic hydroxyl groups is 4. The highest BCUT2D eigenvalue weighted by Crippen LogP contribution is 2.28. The van der Waals surface area contributed by atoms with Gasteiger partial charge >= 0.3 is 0 Å².